The number of ketones is 1. The molecule has 0 spiro atoms. The number of rotatable bonds is 15. The van der Waals surface area contributed by atoms with Crippen LogP contribution in [0.5, 0.6) is 0 Å². The molecule has 8 nitrogen and oxygen atoms in total. The Morgan fingerprint density at radius 2 is 1.66 bits per heavy atom. The van der Waals surface area contributed by atoms with Crippen molar-refractivity contribution in [2.24, 2.45) is 5.92 Å². The average Bonchev–Trinajstić information content (AvgIpc) is 3.19. The van der Waals surface area contributed by atoms with Crippen LogP contribution >= 0.6 is 0 Å². The fraction of sp³-hybridized carbons (Fsp3) is 0.483. The number of hydrogen-bond donors (Lipinski definition) is 1. The Balaban J connectivity index is 1.35. The molecule has 2 aromatic rings. The average molecular weight is 541 g/mol. The van der Waals surface area contributed by atoms with Crippen molar-refractivity contribution >= 4 is 32.0 Å². The lowest BCUT2D eigenvalue weighted by atomic mass is 9.97. The van der Waals surface area contributed by atoms with Gasteiger partial charge in [0, 0.05) is 25.4 Å². The number of Topliss-reactive ketones (excluding diaryl/α,β-unsaturated/α-hetero) is 1. The number of alkyl carbamates (subject to hydrolysis) is 1. The van der Waals surface area contributed by atoms with Crippen molar-refractivity contribution < 1.29 is 28.0 Å². The fourth-order valence-corrected chi connectivity index (χ4v) is 7.08. The van der Waals surface area contributed by atoms with Crippen LogP contribution in [-0.4, -0.2) is 59.3 Å². The smallest absolute Gasteiger partial charge is 0.407 e. The van der Waals surface area contributed by atoms with Gasteiger partial charge in [-0.25, -0.2) is 4.79 Å². The van der Waals surface area contributed by atoms with Gasteiger partial charge in [0.15, 0.2) is 5.78 Å². The van der Waals surface area contributed by atoms with Gasteiger partial charge in [-0.05, 0) is 75.4 Å². The van der Waals surface area contributed by atoms with E-state index in [1.165, 1.54) is 0 Å². The summed E-state index contributed by atoms with van der Waals surface area (Å²) < 4.78 is 16.9. The zero-order valence-corrected chi connectivity index (χ0v) is 23.7. The molecule has 0 bridgehead atoms. The Morgan fingerprint density at radius 3 is 2.32 bits per heavy atom. The maximum Gasteiger partial charge on any atom is 0.407 e. The number of amides is 2. The second kappa shape index (κ2) is 14.8. The van der Waals surface area contributed by atoms with Crippen molar-refractivity contribution in [3.8, 4) is 0 Å². The van der Waals surface area contributed by atoms with E-state index in [-0.39, 0.29) is 18.2 Å². The van der Waals surface area contributed by atoms with E-state index in [1.807, 2.05) is 68.4 Å². The molecule has 1 aliphatic rings. The van der Waals surface area contributed by atoms with Crippen molar-refractivity contribution in [3.05, 3.63) is 65.7 Å². The van der Waals surface area contributed by atoms with Gasteiger partial charge in [-0.1, -0.05) is 42.5 Å². The third-order valence-corrected chi connectivity index (χ3v) is 9.68. The number of nitrogens with one attached hydrogen (secondary N) is 1. The molecule has 2 amide bonds. The first-order valence-electron chi connectivity index (χ1n) is 13.5. The van der Waals surface area contributed by atoms with Crippen LogP contribution in [0.25, 0.3) is 0 Å². The first-order chi connectivity index (χ1) is 18.3. The van der Waals surface area contributed by atoms with Gasteiger partial charge >= 0.3 is 14.7 Å². The highest BCUT2D eigenvalue weighted by Crippen LogP contribution is 2.26. The quantitative estimate of drug-likeness (QED) is 0.201. The normalized spacial score (nSPS) is 15.7. The molecule has 206 valence electrons. The maximum atomic E-state index is 12.9. The number of anilines is 1. The fourth-order valence-electron chi connectivity index (χ4n) is 4.67. The number of nitrogens with zero attached hydrogens (tertiary/aromatic N) is 1. The van der Waals surface area contributed by atoms with E-state index >= 15 is 0 Å². The molecule has 38 heavy (non-hydrogen) atoms. The summed E-state index contributed by atoms with van der Waals surface area (Å²) in [7, 11) is -2.16. The molecule has 0 aromatic heterocycles. The lowest BCUT2D eigenvalue weighted by Crippen LogP contribution is -2.39. The first-order valence-corrected chi connectivity index (χ1v) is 16.0. The molecule has 0 radical (unpaired) electrons. The van der Waals surface area contributed by atoms with Gasteiger partial charge in [-0.2, -0.15) is 0 Å². The largest absolute Gasteiger partial charge is 0.450 e. The lowest BCUT2D eigenvalue weighted by molar-refractivity contribution is -0.126. The van der Waals surface area contributed by atoms with E-state index in [4.69, 9.17) is 13.6 Å². The third-order valence-electron chi connectivity index (χ3n) is 6.62. The van der Waals surface area contributed by atoms with Crippen LogP contribution < -0.4 is 10.2 Å². The standard InChI is InChI=1S/C29H40N2O6Si/c1-4-36-38(3,37-5-2)20-10-18-30-29(34)35-19-9-13-23-14-16-25(17-15-23)31-22-27(32)26(28(31)33)21-24-11-7-6-8-12-24/h6-8,11-12,14-17,26H,4-5,9-10,13,18-22H2,1-3H3,(H,30,34). The number of carbonyl (C=O) groups excluding carboxylic acids is 3. The van der Waals surface area contributed by atoms with Crippen LogP contribution in [-0.2, 0) is 36.0 Å². The molecule has 1 unspecified atom stereocenters. The Bertz CT molecular complexity index is 1040. The number of benzene rings is 2. The Hall–Kier alpha value is -3.01. The minimum atomic E-state index is -2.16. The van der Waals surface area contributed by atoms with Crippen LogP contribution in [0.3, 0.4) is 0 Å². The van der Waals surface area contributed by atoms with Crippen LogP contribution in [0.4, 0.5) is 10.5 Å². The van der Waals surface area contributed by atoms with Gasteiger partial charge in [0.2, 0.25) is 5.91 Å². The molecule has 9 heteroatoms. The lowest BCUT2D eigenvalue weighted by Gasteiger charge is -2.25. The minimum Gasteiger partial charge on any atom is -0.450 e. The summed E-state index contributed by atoms with van der Waals surface area (Å²) in [6.07, 6.45) is 2.22. The van der Waals surface area contributed by atoms with E-state index in [2.05, 4.69) is 11.9 Å². The number of carbonyl (C=O) groups is 3. The Labute approximate surface area is 226 Å². The van der Waals surface area contributed by atoms with Gasteiger partial charge < -0.3 is 23.8 Å². The van der Waals surface area contributed by atoms with E-state index in [1.54, 1.807) is 4.90 Å². The van der Waals surface area contributed by atoms with E-state index in [9.17, 15) is 14.4 Å². The van der Waals surface area contributed by atoms with Crippen LogP contribution in [0.2, 0.25) is 12.6 Å². The van der Waals surface area contributed by atoms with Crippen LogP contribution in [0, 0.1) is 5.92 Å². The molecule has 0 aliphatic carbocycles. The topological polar surface area (TPSA) is 94.2 Å². The van der Waals surface area contributed by atoms with E-state index < -0.39 is 20.6 Å². The van der Waals surface area contributed by atoms with E-state index in [0.717, 1.165) is 35.7 Å². The molecule has 0 saturated carbocycles. The van der Waals surface area contributed by atoms with Crippen molar-refractivity contribution in [2.45, 2.75) is 52.1 Å². The summed E-state index contributed by atoms with van der Waals surface area (Å²) in [4.78, 5) is 39.0. The molecule has 1 fully saturated rings. The molecule has 1 atom stereocenters. The van der Waals surface area contributed by atoms with Crippen molar-refractivity contribution in [2.75, 3.05) is 37.8 Å². The van der Waals surface area contributed by atoms with E-state index in [0.29, 0.717) is 39.2 Å². The second-order valence-corrected chi connectivity index (χ2v) is 12.9. The van der Waals surface area contributed by atoms with Gasteiger partial charge in [-0.3, -0.25) is 9.59 Å². The monoisotopic (exact) mass is 540 g/mol. The van der Waals surface area contributed by atoms with Crippen molar-refractivity contribution in [1.29, 1.82) is 0 Å². The van der Waals surface area contributed by atoms with Crippen LogP contribution in [0.15, 0.2) is 54.6 Å². The van der Waals surface area contributed by atoms with Gasteiger partial charge in [0.1, 0.15) is 5.92 Å². The Morgan fingerprint density at radius 1 is 0.974 bits per heavy atom. The molecule has 1 heterocycles. The highest BCUT2D eigenvalue weighted by molar-refractivity contribution is 6.66. The SMILES string of the molecule is CCO[Si](C)(CCCNC(=O)OCCCc1ccc(N2CC(=O)C(Cc3ccccc3)C2=O)cc1)OCC. The van der Waals surface area contributed by atoms with Gasteiger partial charge in [-0.15, -0.1) is 0 Å². The molecule has 1 saturated heterocycles. The van der Waals surface area contributed by atoms with Crippen molar-refractivity contribution in [1.82, 2.24) is 5.32 Å². The molecule has 1 aliphatic heterocycles. The maximum absolute atomic E-state index is 12.9. The predicted octanol–water partition coefficient (Wildman–Crippen LogP) is 4.66. The number of aryl methyl sites for hydroxylation is 1. The van der Waals surface area contributed by atoms with Gasteiger partial charge in [0.05, 0.1) is 13.2 Å². The second-order valence-electron chi connectivity index (χ2n) is 9.57. The summed E-state index contributed by atoms with van der Waals surface area (Å²) in [6.45, 7) is 8.19. The number of ether oxygens (including phenoxy) is 1. The number of hydrogen-bond acceptors (Lipinski definition) is 6. The molecule has 1 N–H and O–H groups in total. The Kier molecular flexibility index (Phi) is 11.5. The van der Waals surface area contributed by atoms with Gasteiger partial charge in [0.25, 0.3) is 0 Å². The highest BCUT2D eigenvalue weighted by atomic mass is 28.4. The molecular weight excluding hydrogens is 500 g/mol. The third kappa shape index (κ3) is 8.78. The highest BCUT2D eigenvalue weighted by Gasteiger charge is 2.39. The predicted molar refractivity (Wildman–Crippen MR) is 149 cm³/mol. The summed E-state index contributed by atoms with van der Waals surface area (Å²) >= 11 is 0. The molecule has 2 aromatic carbocycles. The summed E-state index contributed by atoms with van der Waals surface area (Å²) in [5, 5.41) is 2.79. The molecule has 3 rings (SSSR count). The first kappa shape index (κ1) is 29.5. The summed E-state index contributed by atoms with van der Waals surface area (Å²) in [6, 6.07) is 18.1. The zero-order chi connectivity index (χ0) is 27.4. The zero-order valence-electron chi connectivity index (χ0n) is 22.7. The minimum absolute atomic E-state index is 0.0435. The van der Waals surface area contributed by atoms with Crippen molar-refractivity contribution in [3.63, 3.8) is 0 Å². The van der Waals surface area contributed by atoms with Crippen LogP contribution in [0.1, 0.15) is 37.8 Å². The molecular formula is C29H40N2O6Si. The summed E-state index contributed by atoms with van der Waals surface area (Å²) in [5.41, 5.74) is 2.79. The summed E-state index contributed by atoms with van der Waals surface area (Å²) in [5.74, 6) is -0.812.